The first-order valence-corrected chi connectivity index (χ1v) is 3.90. The zero-order chi connectivity index (χ0) is 9.42. The Morgan fingerprint density at radius 3 is 2.71 bits per heavy atom. The van der Waals surface area contributed by atoms with Gasteiger partial charge in [-0.3, -0.25) is 0 Å². The van der Waals surface area contributed by atoms with Gasteiger partial charge in [-0.1, -0.05) is 0 Å². The Hall–Kier alpha value is -0.770. The topological polar surface area (TPSA) is 50.4 Å². The molecule has 0 aliphatic carbocycles. The van der Waals surface area contributed by atoms with Gasteiger partial charge in [0.05, 0.1) is 0 Å². The molecule has 68 valence electrons. The fourth-order valence-corrected chi connectivity index (χ4v) is 1.31. The van der Waals surface area contributed by atoms with E-state index >= 15 is 0 Å². The normalized spacial score (nSPS) is 9.79. The van der Waals surface area contributed by atoms with E-state index in [4.69, 9.17) is 9.52 Å². The Bertz CT molecular complexity index is 516. The van der Waals surface area contributed by atoms with E-state index in [1.807, 2.05) is 6.92 Å². The van der Waals surface area contributed by atoms with Crippen molar-refractivity contribution >= 4 is 40.5 Å². The molecule has 0 radical (unpaired) electrons. The fourth-order valence-electron chi connectivity index (χ4n) is 1.31. The van der Waals surface area contributed by atoms with Gasteiger partial charge in [-0.25, -0.2) is 4.79 Å². The molecule has 1 N–H and O–H groups in total. The van der Waals surface area contributed by atoms with Gasteiger partial charge >= 0.3 is 35.2 Å². The molecule has 1 heterocycles. The third-order valence-electron chi connectivity index (χ3n) is 1.93. The number of hydrogen-bond acceptors (Lipinski definition) is 3. The Morgan fingerprint density at radius 2 is 2.00 bits per heavy atom. The molecular weight excluding hydrogens is 191 g/mol. The standard InChI is InChI=1S/C10H8O3.Na.H/c1-6-4-10(12)13-9-5-7(11)2-3-8(6)9;;/h2-5,11H,1H3;;. The Balaban J connectivity index is 0.000000980. The number of aryl methyl sites for hydroxylation is 1. The van der Waals surface area contributed by atoms with E-state index in [0.29, 0.717) is 5.58 Å². The van der Waals surface area contributed by atoms with E-state index in [9.17, 15) is 4.79 Å². The van der Waals surface area contributed by atoms with E-state index < -0.39 is 5.63 Å². The summed E-state index contributed by atoms with van der Waals surface area (Å²) in [4.78, 5) is 11.0. The molecule has 0 aliphatic rings. The van der Waals surface area contributed by atoms with Crippen LogP contribution in [0.25, 0.3) is 11.0 Å². The second-order valence-electron chi connectivity index (χ2n) is 2.93. The van der Waals surface area contributed by atoms with Crippen LogP contribution in [0.5, 0.6) is 5.75 Å². The summed E-state index contributed by atoms with van der Waals surface area (Å²) in [6, 6.07) is 6.15. The predicted octanol–water partition coefficient (Wildman–Crippen LogP) is 1.16. The van der Waals surface area contributed by atoms with Crippen LogP contribution in [0.4, 0.5) is 0 Å². The molecule has 0 atom stereocenters. The zero-order valence-corrected chi connectivity index (χ0v) is 7.07. The first kappa shape index (κ1) is 11.3. The monoisotopic (exact) mass is 200 g/mol. The average Bonchev–Trinajstić information content (AvgIpc) is 2.02. The van der Waals surface area contributed by atoms with Crippen LogP contribution < -0.4 is 5.63 Å². The molecular formula is C10H9NaO3. The van der Waals surface area contributed by atoms with Gasteiger partial charge in [0.15, 0.2) is 0 Å². The summed E-state index contributed by atoms with van der Waals surface area (Å²) >= 11 is 0. The number of phenolic OH excluding ortho intramolecular Hbond substituents is 1. The number of phenols is 1. The molecule has 0 bridgehead atoms. The maximum absolute atomic E-state index is 11.0. The quantitative estimate of drug-likeness (QED) is 0.512. The van der Waals surface area contributed by atoms with Gasteiger partial charge in [-0.2, -0.15) is 0 Å². The Labute approximate surface area is 103 Å². The summed E-state index contributed by atoms with van der Waals surface area (Å²) in [6.45, 7) is 1.83. The van der Waals surface area contributed by atoms with Crippen LogP contribution in [-0.2, 0) is 0 Å². The number of rotatable bonds is 0. The summed E-state index contributed by atoms with van der Waals surface area (Å²) in [6.07, 6.45) is 0. The average molecular weight is 200 g/mol. The van der Waals surface area contributed by atoms with E-state index in [2.05, 4.69) is 0 Å². The third kappa shape index (κ3) is 2.00. The molecule has 0 aliphatic heterocycles. The number of hydrogen-bond donors (Lipinski definition) is 1. The molecule has 0 fully saturated rings. The van der Waals surface area contributed by atoms with Crippen LogP contribution in [0.15, 0.2) is 33.5 Å². The molecule has 1 aromatic carbocycles. The predicted molar refractivity (Wildman–Crippen MR) is 56.0 cm³/mol. The molecule has 3 nitrogen and oxygen atoms in total. The minimum absolute atomic E-state index is 0. The van der Waals surface area contributed by atoms with Crippen molar-refractivity contribution in [2.24, 2.45) is 0 Å². The van der Waals surface area contributed by atoms with Gasteiger partial charge in [-0.15, -0.1) is 0 Å². The third-order valence-corrected chi connectivity index (χ3v) is 1.93. The van der Waals surface area contributed by atoms with E-state index in [1.165, 1.54) is 12.1 Å². The molecule has 0 spiro atoms. The van der Waals surface area contributed by atoms with Crippen molar-refractivity contribution in [1.82, 2.24) is 0 Å². The zero-order valence-electron chi connectivity index (χ0n) is 7.07. The van der Waals surface area contributed by atoms with Gasteiger partial charge in [0.25, 0.3) is 0 Å². The van der Waals surface area contributed by atoms with Crippen molar-refractivity contribution in [3.63, 3.8) is 0 Å². The number of aromatic hydroxyl groups is 1. The van der Waals surface area contributed by atoms with Gasteiger partial charge in [0.2, 0.25) is 0 Å². The van der Waals surface area contributed by atoms with Gasteiger partial charge in [0, 0.05) is 17.5 Å². The summed E-state index contributed by atoms with van der Waals surface area (Å²) < 4.78 is 4.91. The second kappa shape index (κ2) is 4.17. The van der Waals surface area contributed by atoms with Crippen LogP contribution in [0.1, 0.15) is 5.56 Å². The first-order valence-electron chi connectivity index (χ1n) is 3.90. The minimum atomic E-state index is -0.393. The van der Waals surface area contributed by atoms with E-state index in [-0.39, 0.29) is 35.3 Å². The van der Waals surface area contributed by atoms with Crippen LogP contribution in [0.2, 0.25) is 0 Å². The van der Waals surface area contributed by atoms with Gasteiger partial charge < -0.3 is 9.52 Å². The van der Waals surface area contributed by atoms with Crippen molar-refractivity contribution in [3.8, 4) is 5.75 Å². The van der Waals surface area contributed by atoms with Crippen molar-refractivity contribution in [1.29, 1.82) is 0 Å². The van der Waals surface area contributed by atoms with Crippen LogP contribution in [0, 0.1) is 6.92 Å². The summed E-state index contributed by atoms with van der Waals surface area (Å²) in [5.41, 5.74) is 0.881. The number of fused-ring (bicyclic) bond motifs is 1. The van der Waals surface area contributed by atoms with Crippen LogP contribution in [0.3, 0.4) is 0 Å². The van der Waals surface area contributed by atoms with E-state index in [1.54, 1.807) is 12.1 Å². The molecule has 14 heavy (non-hydrogen) atoms. The first-order chi connectivity index (χ1) is 6.16. The molecule has 0 amide bonds. The van der Waals surface area contributed by atoms with Crippen molar-refractivity contribution in [3.05, 3.63) is 40.2 Å². The molecule has 2 aromatic rings. The van der Waals surface area contributed by atoms with Gasteiger partial charge in [-0.05, 0) is 24.6 Å². The Morgan fingerprint density at radius 1 is 1.29 bits per heavy atom. The van der Waals surface area contributed by atoms with Crippen LogP contribution >= 0.6 is 0 Å². The Kier molecular flexibility index (Phi) is 3.37. The molecule has 0 unspecified atom stereocenters. The molecule has 0 saturated carbocycles. The van der Waals surface area contributed by atoms with Gasteiger partial charge in [0.1, 0.15) is 11.3 Å². The molecule has 0 saturated heterocycles. The molecule has 4 heteroatoms. The van der Waals surface area contributed by atoms with E-state index in [0.717, 1.165) is 10.9 Å². The van der Waals surface area contributed by atoms with Crippen molar-refractivity contribution in [2.45, 2.75) is 6.92 Å². The fraction of sp³-hybridized carbons (Fsp3) is 0.100. The van der Waals surface area contributed by atoms with Crippen molar-refractivity contribution < 1.29 is 9.52 Å². The summed E-state index contributed by atoms with van der Waals surface area (Å²) in [5.74, 6) is 0.0984. The summed E-state index contributed by atoms with van der Waals surface area (Å²) in [7, 11) is 0. The maximum atomic E-state index is 11.0. The van der Waals surface area contributed by atoms with Crippen molar-refractivity contribution in [2.75, 3.05) is 0 Å². The molecule has 2 rings (SSSR count). The SMILES string of the molecule is Cc1cc(=O)oc2cc(O)ccc12.[NaH]. The number of benzene rings is 1. The second-order valence-corrected chi connectivity index (χ2v) is 2.93. The molecule has 1 aromatic heterocycles. The summed E-state index contributed by atoms with van der Waals surface area (Å²) in [5, 5.41) is 9.99. The van der Waals surface area contributed by atoms with Crippen LogP contribution in [-0.4, -0.2) is 34.7 Å².